The van der Waals surface area contributed by atoms with Crippen LogP contribution in [0.1, 0.15) is 42.3 Å². The fourth-order valence-electron chi connectivity index (χ4n) is 1.86. The Kier molecular flexibility index (Phi) is 4.28. The van der Waals surface area contributed by atoms with Crippen LogP contribution in [0.3, 0.4) is 0 Å². The zero-order chi connectivity index (χ0) is 13.7. The minimum Gasteiger partial charge on any atom is -0.319 e. The fourth-order valence-corrected chi connectivity index (χ4v) is 1.86. The molecule has 2 aromatic rings. The van der Waals surface area contributed by atoms with Gasteiger partial charge in [0.25, 0.3) is 5.91 Å². The largest absolute Gasteiger partial charge is 0.319 e. The third-order valence-electron chi connectivity index (χ3n) is 2.85. The molecule has 5 heteroatoms. The van der Waals surface area contributed by atoms with Crippen LogP contribution in [0.4, 0.5) is 5.69 Å². The van der Waals surface area contributed by atoms with Gasteiger partial charge in [-0.3, -0.25) is 9.89 Å². The second-order valence-corrected chi connectivity index (χ2v) is 4.32. The molecule has 0 aliphatic carbocycles. The summed E-state index contributed by atoms with van der Waals surface area (Å²) in [5.41, 5.74) is 1.96. The standard InChI is InChI=1S/C14H18N4O/c1-3-7-10-8-5-6-9-11(10)15-14(19)13-16-12(4-2)17-18-13/h5-6,8-9H,3-4,7H2,1-2H3,(H,15,19)(H,16,17,18). The number of benzene rings is 1. The number of hydrogen-bond acceptors (Lipinski definition) is 3. The lowest BCUT2D eigenvalue weighted by Gasteiger charge is -2.08. The van der Waals surface area contributed by atoms with E-state index in [1.54, 1.807) is 0 Å². The SMILES string of the molecule is CCCc1ccccc1NC(=O)c1n[nH]c(CC)n1. The third-order valence-corrected chi connectivity index (χ3v) is 2.85. The summed E-state index contributed by atoms with van der Waals surface area (Å²) in [7, 11) is 0. The maximum absolute atomic E-state index is 12.0. The van der Waals surface area contributed by atoms with Crippen molar-refractivity contribution in [3.8, 4) is 0 Å². The number of aryl methyl sites for hydroxylation is 2. The number of aromatic amines is 1. The molecule has 0 bridgehead atoms. The van der Waals surface area contributed by atoms with Crippen LogP contribution in [-0.4, -0.2) is 21.1 Å². The smallest absolute Gasteiger partial charge is 0.295 e. The van der Waals surface area contributed by atoms with Crippen LogP contribution in [0.25, 0.3) is 0 Å². The molecule has 1 aromatic heterocycles. The molecule has 1 amide bonds. The Bertz CT molecular complexity index is 562. The van der Waals surface area contributed by atoms with Crippen LogP contribution in [0.2, 0.25) is 0 Å². The van der Waals surface area contributed by atoms with Crippen molar-refractivity contribution < 1.29 is 4.79 Å². The van der Waals surface area contributed by atoms with E-state index >= 15 is 0 Å². The van der Waals surface area contributed by atoms with E-state index < -0.39 is 0 Å². The summed E-state index contributed by atoms with van der Waals surface area (Å²) >= 11 is 0. The molecule has 2 N–H and O–H groups in total. The molecule has 0 atom stereocenters. The zero-order valence-electron chi connectivity index (χ0n) is 11.2. The molecule has 100 valence electrons. The van der Waals surface area contributed by atoms with Crippen molar-refractivity contribution in [1.82, 2.24) is 15.2 Å². The molecular formula is C14H18N4O. The van der Waals surface area contributed by atoms with Gasteiger partial charge in [-0.15, -0.1) is 5.10 Å². The van der Waals surface area contributed by atoms with Crippen LogP contribution < -0.4 is 5.32 Å². The normalized spacial score (nSPS) is 10.4. The molecule has 1 heterocycles. The van der Waals surface area contributed by atoms with E-state index in [2.05, 4.69) is 27.4 Å². The Hall–Kier alpha value is -2.17. The number of carbonyl (C=O) groups excluding carboxylic acids is 1. The van der Waals surface area contributed by atoms with Gasteiger partial charge in [-0.05, 0) is 18.1 Å². The lowest BCUT2D eigenvalue weighted by atomic mass is 10.1. The first-order chi connectivity index (χ1) is 9.24. The Morgan fingerprint density at radius 2 is 2.11 bits per heavy atom. The van der Waals surface area contributed by atoms with Crippen molar-refractivity contribution in [2.75, 3.05) is 5.32 Å². The van der Waals surface area contributed by atoms with Gasteiger partial charge in [0.1, 0.15) is 5.82 Å². The van der Waals surface area contributed by atoms with Crippen LogP contribution in [0, 0.1) is 0 Å². The zero-order valence-corrected chi connectivity index (χ0v) is 11.2. The molecule has 0 spiro atoms. The van der Waals surface area contributed by atoms with Crippen molar-refractivity contribution in [3.63, 3.8) is 0 Å². The Morgan fingerprint density at radius 3 is 2.79 bits per heavy atom. The predicted octanol–water partition coefficient (Wildman–Crippen LogP) is 2.57. The Balaban J connectivity index is 2.14. The highest BCUT2D eigenvalue weighted by molar-refractivity contribution is 6.01. The van der Waals surface area contributed by atoms with Crippen LogP contribution in [-0.2, 0) is 12.8 Å². The van der Waals surface area contributed by atoms with Crippen molar-refractivity contribution in [2.45, 2.75) is 33.1 Å². The maximum Gasteiger partial charge on any atom is 0.295 e. The van der Waals surface area contributed by atoms with Gasteiger partial charge in [0, 0.05) is 12.1 Å². The summed E-state index contributed by atoms with van der Waals surface area (Å²) in [4.78, 5) is 16.2. The first-order valence-electron chi connectivity index (χ1n) is 6.55. The second-order valence-electron chi connectivity index (χ2n) is 4.32. The summed E-state index contributed by atoms with van der Waals surface area (Å²) in [5.74, 6) is 0.620. The summed E-state index contributed by atoms with van der Waals surface area (Å²) in [6.07, 6.45) is 2.70. The van der Waals surface area contributed by atoms with E-state index in [0.29, 0.717) is 5.82 Å². The van der Waals surface area contributed by atoms with Gasteiger partial charge in [-0.2, -0.15) is 0 Å². The predicted molar refractivity (Wildman–Crippen MR) is 74.2 cm³/mol. The number of hydrogen-bond donors (Lipinski definition) is 2. The van der Waals surface area contributed by atoms with E-state index in [-0.39, 0.29) is 11.7 Å². The molecule has 0 unspecified atom stereocenters. The number of nitrogens with one attached hydrogen (secondary N) is 2. The highest BCUT2D eigenvalue weighted by Gasteiger charge is 2.13. The molecule has 2 rings (SSSR count). The van der Waals surface area contributed by atoms with Crippen molar-refractivity contribution in [3.05, 3.63) is 41.5 Å². The van der Waals surface area contributed by atoms with Gasteiger partial charge >= 0.3 is 0 Å². The lowest BCUT2D eigenvalue weighted by Crippen LogP contribution is -2.15. The average molecular weight is 258 g/mol. The number of nitrogens with zero attached hydrogens (tertiary/aromatic N) is 2. The minimum atomic E-state index is -0.278. The van der Waals surface area contributed by atoms with E-state index in [4.69, 9.17) is 0 Å². The number of rotatable bonds is 5. The number of anilines is 1. The molecule has 1 aromatic carbocycles. The maximum atomic E-state index is 12.0. The van der Waals surface area contributed by atoms with Gasteiger partial charge in [0.15, 0.2) is 0 Å². The summed E-state index contributed by atoms with van der Waals surface area (Å²) < 4.78 is 0. The molecule has 5 nitrogen and oxygen atoms in total. The van der Waals surface area contributed by atoms with E-state index in [0.717, 1.165) is 30.5 Å². The highest BCUT2D eigenvalue weighted by Crippen LogP contribution is 2.17. The molecular weight excluding hydrogens is 240 g/mol. The van der Waals surface area contributed by atoms with E-state index in [1.165, 1.54) is 0 Å². The summed E-state index contributed by atoms with van der Waals surface area (Å²) in [6, 6.07) is 7.80. The van der Waals surface area contributed by atoms with E-state index in [1.807, 2.05) is 31.2 Å². The topological polar surface area (TPSA) is 70.7 Å². The number of amides is 1. The molecule has 0 saturated heterocycles. The van der Waals surface area contributed by atoms with Gasteiger partial charge in [-0.1, -0.05) is 38.5 Å². The minimum absolute atomic E-state index is 0.183. The molecule has 0 aliphatic rings. The van der Waals surface area contributed by atoms with Crippen molar-refractivity contribution in [1.29, 1.82) is 0 Å². The summed E-state index contributed by atoms with van der Waals surface area (Å²) in [6.45, 7) is 4.07. The highest BCUT2D eigenvalue weighted by atomic mass is 16.2. The molecule has 0 aliphatic heterocycles. The third kappa shape index (κ3) is 3.19. The lowest BCUT2D eigenvalue weighted by molar-refractivity contribution is 0.101. The van der Waals surface area contributed by atoms with Crippen LogP contribution in [0.5, 0.6) is 0 Å². The monoisotopic (exact) mass is 258 g/mol. The summed E-state index contributed by atoms with van der Waals surface area (Å²) in [5, 5.41) is 9.52. The van der Waals surface area contributed by atoms with Crippen molar-refractivity contribution in [2.24, 2.45) is 0 Å². The second kappa shape index (κ2) is 6.13. The van der Waals surface area contributed by atoms with Crippen LogP contribution >= 0.6 is 0 Å². The molecule has 19 heavy (non-hydrogen) atoms. The average Bonchev–Trinajstić information content (AvgIpc) is 2.90. The van der Waals surface area contributed by atoms with Gasteiger partial charge in [0.2, 0.25) is 5.82 Å². The van der Waals surface area contributed by atoms with Crippen LogP contribution in [0.15, 0.2) is 24.3 Å². The van der Waals surface area contributed by atoms with E-state index in [9.17, 15) is 4.79 Å². The van der Waals surface area contributed by atoms with Gasteiger partial charge < -0.3 is 5.32 Å². The quantitative estimate of drug-likeness (QED) is 0.865. The number of H-pyrrole nitrogens is 1. The van der Waals surface area contributed by atoms with Gasteiger partial charge in [-0.25, -0.2) is 4.98 Å². The number of aromatic nitrogens is 3. The number of carbonyl (C=O) groups is 1. The van der Waals surface area contributed by atoms with Gasteiger partial charge in [0.05, 0.1) is 0 Å². The van der Waals surface area contributed by atoms with Crippen molar-refractivity contribution >= 4 is 11.6 Å². The number of para-hydroxylation sites is 1. The first kappa shape index (κ1) is 13.3. The molecule has 0 radical (unpaired) electrons. The first-order valence-corrected chi connectivity index (χ1v) is 6.55. The Morgan fingerprint density at radius 1 is 1.32 bits per heavy atom. The fraction of sp³-hybridized carbons (Fsp3) is 0.357. The molecule has 0 fully saturated rings. The Labute approximate surface area is 112 Å². The molecule has 0 saturated carbocycles.